The van der Waals surface area contributed by atoms with Gasteiger partial charge in [0.05, 0.1) is 6.54 Å². The van der Waals surface area contributed by atoms with Gasteiger partial charge in [0.15, 0.2) is 5.96 Å². The van der Waals surface area contributed by atoms with Crippen molar-refractivity contribution >= 4 is 12.1 Å². The number of likely N-dealkylation sites (tertiary alicyclic amines) is 1. The van der Waals surface area contributed by atoms with Crippen LogP contribution in [-0.2, 0) is 11.3 Å². The standard InChI is InChI=1S/C22H37N5O2/c1-18-9-7-13-26(16-18)20(23-5)25-12-8-14-27(21(28)29-22(2,3)4)17-19-10-6-11-24-15-19/h6,10-11,15,18H,7-9,12-14,16-17H2,1-5H3,(H,23,25). The number of hydrogen-bond donors (Lipinski definition) is 1. The zero-order valence-electron chi connectivity index (χ0n) is 18.6. The highest BCUT2D eigenvalue weighted by Gasteiger charge is 2.23. The molecule has 0 radical (unpaired) electrons. The molecule has 0 aliphatic carbocycles. The second kappa shape index (κ2) is 11.0. The summed E-state index contributed by atoms with van der Waals surface area (Å²) in [6, 6.07) is 3.86. The predicted molar refractivity (Wildman–Crippen MR) is 117 cm³/mol. The van der Waals surface area contributed by atoms with E-state index in [0.29, 0.717) is 19.0 Å². The molecular formula is C22H37N5O2. The monoisotopic (exact) mass is 403 g/mol. The first-order valence-corrected chi connectivity index (χ1v) is 10.6. The number of rotatable bonds is 6. The van der Waals surface area contributed by atoms with Gasteiger partial charge in [0.1, 0.15) is 5.60 Å². The Kier molecular flexibility index (Phi) is 8.73. The molecule has 1 aromatic rings. The van der Waals surface area contributed by atoms with Gasteiger partial charge in [0.2, 0.25) is 0 Å². The number of pyridine rings is 1. The van der Waals surface area contributed by atoms with Gasteiger partial charge in [-0.05, 0) is 57.6 Å². The van der Waals surface area contributed by atoms with Crippen LogP contribution < -0.4 is 5.32 Å². The van der Waals surface area contributed by atoms with Crippen molar-refractivity contribution in [1.29, 1.82) is 0 Å². The van der Waals surface area contributed by atoms with Gasteiger partial charge < -0.3 is 19.9 Å². The molecule has 7 nitrogen and oxygen atoms in total. The van der Waals surface area contributed by atoms with Crippen LogP contribution in [0.4, 0.5) is 4.79 Å². The summed E-state index contributed by atoms with van der Waals surface area (Å²) in [6.07, 6.45) is 6.52. The second-order valence-corrected chi connectivity index (χ2v) is 8.78. The van der Waals surface area contributed by atoms with Gasteiger partial charge in [-0.25, -0.2) is 4.79 Å². The van der Waals surface area contributed by atoms with Crippen molar-refractivity contribution in [2.45, 2.75) is 59.1 Å². The Bertz CT molecular complexity index is 657. The molecule has 1 amide bonds. The Labute approximate surface area is 175 Å². The minimum atomic E-state index is -0.518. The van der Waals surface area contributed by atoms with Gasteiger partial charge in [-0.15, -0.1) is 0 Å². The smallest absolute Gasteiger partial charge is 0.410 e. The normalized spacial score (nSPS) is 17.8. The Morgan fingerprint density at radius 2 is 2.24 bits per heavy atom. The van der Waals surface area contributed by atoms with Crippen LogP contribution >= 0.6 is 0 Å². The number of amides is 1. The van der Waals surface area contributed by atoms with E-state index in [-0.39, 0.29) is 6.09 Å². The molecule has 29 heavy (non-hydrogen) atoms. The molecule has 1 fully saturated rings. The highest BCUT2D eigenvalue weighted by atomic mass is 16.6. The maximum Gasteiger partial charge on any atom is 0.410 e. The zero-order chi connectivity index (χ0) is 21.3. The molecule has 0 saturated carbocycles. The number of nitrogens with one attached hydrogen (secondary N) is 1. The van der Waals surface area contributed by atoms with Gasteiger partial charge in [0, 0.05) is 45.6 Å². The van der Waals surface area contributed by atoms with Crippen molar-refractivity contribution in [3.8, 4) is 0 Å². The highest BCUT2D eigenvalue weighted by molar-refractivity contribution is 5.80. The third-order valence-corrected chi connectivity index (χ3v) is 4.80. The summed E-state index contributed by atoms with van der Waals surface area (Å²) in [5.41, 5.74) is 0.472. The lowest BCUT2D eigenvalue weighted by Gasteiger charge is -2.33. The first-order chi connectivity index (χ1) is 13.8. The molecule has 0 spiro atoms. The average molecular weight is 404 g/mol. The molecule has 1 N–H and O–H groups in total. The fourth-order valence-corrected chi connectivity index (χ4v) is 3.46. The fourth-order valence-electron chi connectivity index (χ4n) is 3.46. The molecule has 1 saturated heterocycles. The maximum atomic E-state index is 12.7. The van der Waals surface area contributed by atoms with Crippen molar-refractivity contribution in [3.05, 3.63) is 30.1 Å². The summed E-state index contributed by atoms with van der Waals surface area (Å²) in [6.45, 7) is 11.9. The molecule has 1 atom stereocenters. The average Bonchev–Trinajstić information content (AvgIpc) is 2.66. The van der Waals surface area contributed by atoms with Crippen molar-refractivity contribution in [2.24, 2.45) is 10.9 Å². The number of ether oxygens (including phenoxy) is 1. The van der Waals surface area contributed by atoms with E-state index in [1.54, 1.807) is 17.3 Å². The molecule has 2 rings (SSSR count). The molecule has 0 bridgehead atoms. The number of carbonyl (C=O) groups is 1. The Balaban J connectivity index is 1.88. The van der Waals surface area contributed by atoms with Gasteiger partial charge in [-0.2, -0.15) is 0 Å². The minimum absolute atomic E-state index is 0.296. The van der Waals surface area contributed by atoms with Crippen LogP contribution in [0.3, 0.4) is 0 Å². The molecule has 2 heterocycles. The van der Waals surface area contributed by atoms with E-state index < -0.39 is 5.60 Å². The predicted octanol–water partition coefficient (Wildman–Crippen LogP) is 3.52. The van der Waals surface area contributed by atoms with Gasteiger partial charge >= 0.3 is 6.09 Å². The topological polar surface area (TPSA) is 70.1 Å². The van der Waals surface area contributed by atoms with E-state index in [2.05, 4.69) is 27.1 Å². The summed E-state index contributed by atoms with van der Waals surface area (Å²) >= 11 is 0. The molecule has 0 aromatic carbocycles. The third kappa shape index (κ3) is 8.30. The van der Waals surface area contributed by atoms with Crippen LogP contribution in [0.25, 0.3) is 0 Å². The number of guanidine groups is 1. The molecule has 1 aliphatic heterocycles. The largest absolute Gasteiger partial charge is 0.444 e. The number of piperidine rings is 1. The summed E-state index contributed by atoms with van der Waals surface area (Å²) in [4.78, 5) is 25.3. The summed E-state index contributed by atoms with van der Waals surface area (Å²) < 4.78 is 5.59. The van der Waals surface area contributed by atoms with Gasteiger partial charge in [-0.3, -0.25) is 9.98 Å². The lowest BCUT2D eigenvalue weighted by atomic mass is 10.0. The van der Waals surface area contributed by atoms with Crippen LogP contribution in [0.2, 0.25) is 0 Å². The van der Waals surface area contributed by atoms with E-state index in [0.717, 1.165) is 37.6 Å². The Morgan fingerprint density at radius 3 is 2.86 bits per heavy atom. The van der Waals surface area contributed by atoms with Crippen molar-refractivity contribution in [2.75, 3.05) is 33.2 Å². The third-order valence-electron chi connectivity index (χ3n) is 4.80. The van der Waals surface area contributed by atoms with E-state index in [4.69, 9.17) is 4.74 Å². The van der Waals surface area contributed by atoms with E-state index in [1.165, 1.54) is 12.8 Å². The summed E-state index contributed by atoms with van der Waals surface area (Å²) in [7, 11) is 1.83. The number of hydrogen-bond acceptors (Lipinski definition) is 4. The molecule has 1 aliphatic rings. The number of aromatic nitrogens is 1. The Morgan fingerprint density at radius 1 is 1.45 bits per heavy atom. The van der Waals surface area contributed by atoms with E-state index in [9.17, 15) is 4.79 Å². The highest BCUT2D eigenvalue weighted by Crippen LogP contribution is 2.15. The molecule has 1 aromatic heterocycles. The number of carbonyl (C=O) groups excluding carboxylic acids is 1. The first kappa shape index (κ1) is 23.0. The van der Waals surface area contributed by atoms with Crippen LogP contribution in [0.15, 0.2) is 29.5 Å². The van der Waals surface area contributed by atoms with Gasteiger partial charge in [-0.1, -0.05) is 13.0 Å². The van der Waals surface area contributed by atoms with Crippen LogP contribution in [0.5, 0.6) is 0 Å². The maximum absolute atomic E-state index is 12.7. The number of nitrogens with zero attached hydrogens (tertiary/aromatic N) is 4. The van der Waals surface area contributed by atoms with Crippen LogP contribution in [-0.4, -0.2) is 65.7 Å². The Hall–Kier alpha value is -2.31. The zero-order valence-corrected chi connectivity index (χ0v) is 18.6. The summed E-state index contributed by atoms with van der Waals surface area (Å²) in [5, 5.41) is 3.45. The fraction of sp³-hybridized carbons (Fsp3) is 0.682. The molecule has 162 valence electrons. The van der Waals surface area contributed by atoms with Gasteiger partial charge in [0.25, 0.3) is 0 Å². The van der Waals surface area contributed by atoms with Crippen molar-refractivity contribution < 1.29 is 9.53 Å². The molecule has 7 heteroatoms. The van der Waals surface area contributed by atoms with Crippen LogP contribution in [0, 0.1) is 5.92 Å². The lowest BCUT2D eigenvalue weighted by Crippen LogP contribution is -2.46. The minimum Gasteiger partial charge on any atom is -0.444 e. The van der Waals surface area contributed by atoms with E-state index in [1.807, 2.05) is 40.0 Å². The quantitative estimate of drug-likeness (QED) is 0.447. The van der Waals surface area contributed by atoms with Crippen molar-refractivity contribution in [3.63, 3.8) is 0 Å². The first-order valence-electron chi connectivity index (χ1n) is 10.6. The van der Waals surface area contributed by atoms with Crippen molar-refractivity contribution in [1.82, 2.24) is 20.1 Å². The van der Waals surface area contributed by atoms with E-state index >= 15 is 0 Å². The summed E-state index contributed by atoms with van der Waals surface area (Å²) in [5.74, 6) is 1.65. The lowest BCUT2D eigenvalue weighted by molar-refractivity contribution is 0.0232. The second-order valence-electron chi connectivity index (χ2n) is 8.78. The van der Waals surface area contributed by atoms with Crippen LogP contribution in [0.1, 0.15) is 52.5 Å². The number of aliphatic imine (C=N–C) groups is 1. The SMILES string of the molecule is CN=C(NCCCN(Cc1cccnc1)C(=O)OC(C)(C)C)N1CCCC(C)C1. The molecule has 1 unspecified atom stereocenters. The molecular weight excluding hydrogens is 366 g/mol.